The fourth-order valence-corrected chi connectivity index (χ4v) is 2.89. The molecule has 0 bridgehead atoms. The standard InChI is InChI=1S/C18H21N3O2/c1-13-8-10-20(11-9-13)18(23)17-16(22)12-14(2)21(19-17)15-6-4-3-5-7-15/h3-7,12-13H,8-11H2,1-2H3. The summed E-state index contributed by atoms with van der Waals surface area (Å²) in [5, 5.41) is 4.35. The first-order chi connectivity index (χ1) is 11.1. The van der Waals surface area contributed by atoms with Gasteiger partial charge in [-0.3, -0.25) is 9.59 Å². The minimum absolute atomic E-state index is 0.00834. The molecule has 0 spiro atoms. The second-order valence-electron chi connectivity index (χ2n) is 6.22. The number of aromatic nitrogens is 2. The molecule has 5 nitrogen and oxygen atoms in total. The molecule has 0 atom stereocenters. The molecule has 2 heterocycles. The molecule has 2 aromatic rings. The maximum absolute atomic E-state index is 12.7. The second kappa shape index (κ2) is 6.36. The molecule has 0 aliphatic carbocycles. The van der Waals surface area contributed by atoms with Crippen LogP contribution in [0, 0.1) is 12.8 Å². The van der Waals surface area contributed by atoms with E-state index in [4.69, 9.17) is 0 Å². The number of hydrogen-bond donors (Lipinski definition) is 0. The third kappa shape index (κ3) is 3.18. The lowest BCUT2D eigenvalue weighted by Crippen LogP contribution is -2.41. The molecule has 0 N–H and O–H groups in total. The van der Waals surface area contributed by atoms with Gasteiger partial charge in [0.25, 0.3) is 5.91 Å². The number of carbonyl (C=O) groups is 1. The Morgan fingerprint density at radius 2 is 1.83 bits per heavy atom. The first kappa shape index (κ1) is 15.5. The van der Waals surface area contributed by atoms with E-state index >= 15 is 0 Å². The fraction of sp³-hybridized carbons (Fsp3) is 0.389. The number of nitrogens with zero attached hydrogens (tertiary/aromatic N) is 3. The lowest BCUT2D eigenvalue weighted by molar-refractivity contribution is 0.0687. The van der Waals surface area contributed by atoms with Gasteiger partial charge in [-0.05, 0) is 37.8 Å². The van der Waals surface area contributed by atoms with E-state index in [0.29, 0.717) is 24.7 Å². The van der Waals surface area contributed by atoms with E-state index in [1.54, 1.807) is 9.58 Å². The molecular formula is C18H21N3O2. The Morgan fingerprint density at radius 3 is 2.48 bits per heavy atom. The predicted molar refractivity (Wildman–Crippen MR) is 88.9 cm³/mol. The van der Waals surface area contributed by atoms with E-state index in [-0.39, 0.29) is 17.0 Å². The van der Waals surface area contributed by atoms with Crippen LogP contribution in [0.4, 0.5) is 0 Å². The summed E-state index contributed by atoms with van der Waals surface area (Å²) in [6.07, 6.45) is 1.95. The van der Waals surface area contributed by atoms with E-state index < -0.39 is 0 Å². The summed E-state index contributed by atoms with van der Waals surface area (Å²) in [5.41, 5.74) is 1.25. The number of amides is 1. The molecule has 1 aromatic carbocycles. The van der Waals surface area contributed by atoms with Crippen LogP contribution < -0.4 is 5.43 Å². The number of rotatable bonds is 2. The highest BCUT2D eigenvalue weighted by Crippen LogP contribution is 2.17. The summed E-state index contributed by atoms with van der Waals surface area (Å²) in [4.78, 5) is 26.7. The number of piperidine rings is 1. The van der Waals surface area contributed by atoms with Crippen molar-refractivity contribution >= 4 is 5.91 Å². The van der Waals surface area contributed by atoms with E-state index in [9.17, 15) is 9.59 Å². The summed E-state index contributed by atoms with van der Waals surface area (Å²) in [6.45, 7) is 5.40. The Bertz CT molecular complexity index is 760. The topological polar surface area (TPSA) is 55.2 Å². The van der Waals surface area contributed by atoms with Crippen LogP contribution >= 0.6 is 0 Å². The Morgan fingerprint density at radius 1 is 1.17 bits per heavy atom. The normalized spacial score (nSPS) is 15.7. The predicted octanol–water partition coefficient (Wildman–Crippen LogP) is 2.41. The van der Waals surface area contributed by atoms with E-state index in [1.165, 1.54) is 6.07 Å². The average molecular weight is 311 g/mol. The largest absolute Gasteiger partial charge is 0.337 e. The third-order valence-electron chi connectivity index (χ3n) is 4.38. The van der Waals surface area contributed by atoms with Gasteiger partial charge >= 0.3 is 0 Å². The van der Waals surface area contributed by atoms with Gasteiger partial charge in [-0.2, -0.15) is 5.10 Å². The molecule has 5 heteroatoms. The highest BCUT2D eigenvalue weighted by atomic mass is 16.2. The smallest absolute Gasteiger partial charge is 0.278 e. The van der Waals surface area contributed by atoms with Crippen molar-refractivity contribution in [3.63, 3.8) is 0 Å². The van der Waals surface area contributed by atoms with E-state index in [0.717, 1.165) is 18.5 Å². The number of likely N-dealkylation sites (tertiary alicyclic amines) is 1. The number of para-hydroxylation sites is 1. The van der Waals surface area contributed by atoms with Crippen LogP contribution in [0.25, 0.3) is 5.69 Å². The van der Waals surface area contributed by atoms with Gasteiger partial charge < -0.3 is 4.90 Å². The highest BCUT2D eigenvalue weighted by molar-refractivity contribution is 5.92. The van der Waals surface area contributed by atoms with Gasteiger partial charge in [-0.1, -0.05) is 25.1 Å². The van der Waals surface area contributed by atoms with Crippen molar-refractivity contribution in [2.75, 3.05) is 13.1 Å². The summed E-state index contributed by atoms with van der Waals surface area (Å²) >= 11 is 0. The van der Waals surface area contributed by atoms with Crippen LogP contribution in [0.15, 0.2) is 41.2 Å². The molecule has 0 radical (unpaired) electrons. The molecule has 120 valence electrons. The first-order valence-electron chi connectivity index (χ1n) is 8.02. The molecule has 23 heavy (non-hydrogen) atoms. The summed E-state index contributed by atoms with van der Waals surface area (Å²) in [7, 11) is 0. The van der Waals surface area contributed by atoms with Gasteiger partial charge in [-0.15, -0.1) is 0 Å². The second-order valence-corrected chi connectivity index (χ2v) is 6.22. The molecule has 0 saturated carbocycles. The Balaban J connectivity index is 1.96. The van der Waals surface area contributed by atoms with Crippen LogP contribution in [-0.2, 0) is 0 Å². The Labute approximate surface area is 135 Å². The lowest BCUT2D eigenvalue weighted by atomic mass is 9.99. The lowest BCUT2D eigenvalue weighted by Gasteiger charge is -2.29. The van der Waals surface area contributed by atoms with Crippen molar-refractivity contribution in [2.45, 2.75) is 26.7 Å². The van der Waals surface area contributed by atoms with Crippen LogP contribution in [0.5, 0.6) is 0 Å². The van der Waals surface area contributed by atoms with Crippen LogP contribution in [0.2, 0.25) is 0 Å². The Kier molecular flexibility index (Phi) is 4.28. The molecule has 3 rings (SSSR count). The number of hydrogen-bond acceptors (Lipinski definition) is 3. The van der Waals surface area contributed by atoms with Gasteiger partial charge in [-0.25, -0.2) is 4.68 Å². The van der Waals surface area contributed by atoms with Crippen molar-refractivity contribution in [1.82, 2.24) is 14.7 Å². The molecule has 1 aromatic heterocycles. The summed E-state index contributed by atoms with van der Waals surface area (Å²) in [5.74, 6) is 0.373. The van der Waals surface area contributed by atoms with Crippen LogP contribution in [0.3, 0.4) is 0 Å². The van der Waals surface area contributed by atoms with E-state index in [2.05, 4.69) is 12.0 Å². The minimum Gasteiger partial charge on any atom is -0.337 e. The summed E-state index contributed by atoms with van der Waals surface area (Å²) < 4.78 is 1.65. The maximum Gasteiger partial charge on any atom is 0.278 e. The highest BCUT2D eigenvalue weighted by Gasteiger charge is 2.25. The quantitative estimate of drug-likeness (QED) is 0.856. The van der Waals surface area contributed by atoms with Crippen molar-refractivity contribution in [2.24, 2.45) is 5.92 Å². The van der Waals surface area contributed by atoms with Gasteiger partial charge in [0.2, 0.25) is 5.43 Å². The van der Waals surface area contributed by atoms with Crippen LogP contribution in [-0.4, -0.2) is 33.7 Å². The Hall–Kier alpha value is -2.43. The minimum atomic E-state index is -0.307. The van der Waals surface area contributed by atoms with Crippen molar-refractivity contribution in [1.29, 1.82) is 0 Å². The molecule has 0 unspecified atom stereocenters. The fourth-order valence-electron chi connectivity index (χ4n) is 2.89. The molecule has 1 saturated heterocycles. The molecule has 1 aliphatic heterocycles. The average Bonchev–Trinajstić information content (AvgIpc) is 2.56. The van der Waals surface area contributed by atoms with Gasteiger partial charge in [0.05, 0.1) is 5.69 Å². The monoisotopic (exact) mass is 311 g/mol. The van der Waals surface area contributed by atoms with Gasteiger partial charge in [0, 0.05) is 24.8 Å². The SMILES string of the molecule is Cc1cc(=O)c(C(=O)N2CCC(C)CC2)nn1-c1ccccc1. The molecule has 1 fully saturated rings. The summed E-state index contributed by atoms with van der Waals surface area (Å²) in [6, 6.07) is 11.0. The number of benzene rings is 1. The molecule has 1 amide bonds. The van der Waals surface area contributed by atoms with Gasteiger partial charge in [0.15, 0.2) is 5.69 Å². The maximum atomic E-state index is 12.7. The third-order valence-corrected chi connectivity index (χ3v) is 4.38. The van der Waals surface area contributed by atoms with Crippen molar-refractivity contribution in [3.8, 4) is 5.69 Å². The zero-order valence-corrected chi connectivity index (χ0v) is 13.5. The number of aryl methyl sites for hydroxylation is 1. The van der Waals surface area contributed by atoms with Gasteiger partial charge in [0.1, 0.15) is 0 Å². The molecular weight excluding hydrogens is 290 g/mol. The van der Waals surface area contributed by atoms with E-state index in [1.807, 2.05) is 37.3 Å². The zero-order chi connectivity index (χ0) is 16.4. The number of carbonyl (C=O) groups excluding carboxylic acids is 1. The van der Waals surface area contributed by atoms with Crippen molar-refractivity contribution < 1.29 is 4.79 Å². The zero-order valence-electron chi connectivity index (χ0n) is 13.5. The van der Waals surface area contributed by atoms with Crippen molar-refractivity contribution in [3.05, 3.63) is 58.0 Å². The molecule has 1 aliphatic rings. The first-order valence-corrected chi connectivity index (χ1v) is 8.02. The van der Waals surface area contributed by atoms with Crippen LogP contribution in [0.1, 0.15) is 35.9 Å².